The standard InChI is InChI=1S/C16H20N4O2S/c1-20(2)15-10-12(8-9-17-15)11-18-16(21)19-13-6-4-5-7-14(13)23(3)22/h4-10H,11H2,1-3H3,(H2,18,19,21). The maximum absolute atomic E-state index is 12.0. The number of nitrogens with one attached hydrogen (secondary N) is 2. The number of benzene rings is 1. The Morgan fingerprint density at radius 2 is 2.00 bits per heavy atom. The van der Waals surface area contributed by atoms with E-state index in [9.17, 15) is 9.00 Å². The zero-order valence-electron chi connectivity index (χ0n) is 13.4. The number of rotatable bonds is 5. The summed E-state index contributed by atoms with van der Waals surface area (Å²) in [6.07, 6.45) is 3.29. The van der Waals surface area contributed by atoms with Gasteiger partial charge in [-0.15, -0.1) is 0 Å². The molecule has 1 heterocycles. The van der Waals surface area contributed by atoms with Crippen molar-refractivity contribution in [2.75, 3.05) is 30.6 Å². The predicted molar refractivity (Wildman–Crippen MR) is 93.2 cm³/mol. The highest BCUT2D eigenvalue weighted by molar-refractivity contribution is 7.84. The number of urea groups is 1. The van der Waals surface area contributed by atoms with Crippen LogP contribution in [0.3, 0.4) is 0 Å². The highest BCUT2D eigenvalue weighted by atomic mass is 32.2. The van der Waals surface area contributed by atoms with Crippen LogP contribution in [0, 0.1) is 0 Å². The summed E-state index contributed by atoms with van der Waals surface area (Å²) in [4.78, 5) is 18.8. The summed E-state index contributed by atoms with van der Waals surface area (Å²) in [5.74, 6) is 0.830. The monoisotopic (exact) mass is 332 g/mol. The third-order valence-electron chi connectivity index (χ3n) is 3.17. The number of carbonyl (C=O) groups excluding carboxylic acids is 1. The quantitative estimate of drug-likeness (QED) is 0.880. The van der Waals surface area contributed by atoms with Crippen LogP contribution < -0.4 is 15.5 Å². The van der Waals surface area contributed by atoms with Crippen molar-refractivity contribution in [2.24, 2.45) is 0 Å². The van der Waals surface area contributed by atoms with E-state index in [2.05, 4.69) is 15.6 Å². The second kappa shape index (κ2) is 7.73. The van der Waals surface area contributed by atoms with Crippen molar-refractivity contribution in [2.45, 2.75) is 11.4 Å². The Hall–Kier alpha value is -2.41. The van der Waals surface area contributed by atoms with Gasteiger partial charge in [0, 0.05) is 33.1 Å². The van der Waals surface area contributed by atoms with E-state index in [1.807, 2.05) is 31.1 Å². The summed E-state index contributed by atoms with van der Waals surface area (Å²) in [6, 6.07) is 10.5. The molecular formula is C16H20N4O2S. The molecule has 7 heteroatoms. The number of carbonyl (C=O) groups is 1. The summed E-state index contributed by atoms with van der Waals surface area (Å²) in [7, 11) is 2.66. The van der Waals surface area contributed by atoms with Crippen LogP contribution in [0.5, 0.6) is 0 Å². The SMILES string of the molecule is CN(C)c1cc(CNC(=O)Nc2ccccc2S(C)=O)ccn1. The molecule has 2 aromatic rings. The summed E-state index contributed by atoms with van der Waals surface area (Å²) in [5.41, 5.74) is 1.50. The number of hydrogen-bond donors (Lipinski definition) is 2. The average molecular weight is 332 g/mol. The van der Waals surface area contributed by atoms with Gasteiger partial charge in [0.15, 0.2) is 0 Å². The highest BCUT2D eigenvalue weighted by Crippen LogP contribution is 2.18. The molecule has 0 aliphatic heterocycles. The van der Waals surface area contributed by atoms with Gasteiger partial charge >= 0.3 is 6.03 Å². The van der Waals surface area contributed by atoms with Gasteiger partial charge in [-0.3, -0.25) is 4.21 Å². The Balaban J connectivity index is 1.98. The van der Waals surface area contributed by atoms with Gasteiger partial charge in [0.05, 0.1) is 21.4 Å². The molecule has 122 valence electrons. The van der Waals surface area contributed by atoms with Crippen molar-refractivity contribution in [1.82, 2.24) is 10.3 Å². The largest absolute Gasteiger partial charge is 0.363 e. The third-order valence-corrected chi connectivity index (χ3v) is 4.14. The third kappa shape index (κ3) is 4.79. The van der Waals surface area contributed by atoms with E-state index in [0.717, 1.165) is 11.4 Å². The first-order valence-corrected chi connectivity index (χ1v) is 8.62. The number of amides is 2. The number of pyridine rings is 1. The van der Waals surface area contributed by atoms with E-state index >= 15 is 0 Å². The molecule has 0 saturated heterocycles. The van der Waals surface area contributed by atoms with Gasteiger partial charge in [0.2, 0.25) is 0 Å². The van der Waals surface area contributed by atoms with Crippen LogP contribution in [0.25, 0.3) is 0 Å². The summed E-state index contributed by atoms with van der Waals surface area (Å²) >= 11 is 0. The van der Waals surface area contributed by atoms with Crippen molar-refractivity contribution in [3.05, 3.63) is 48.2 Å². The van der Waals surface area contributed by atoms with Crippen molar-refractivity contribution in [3.63, 3.8) is 0 Å². The lowest BCUT2D eigenvalue weighted by Crippen LogP contribution is -2.28. The molecule has 1 unspecified atom stereocenters. The molecule has 0 bridgehead atoms. The zero-order valence-corrected chi connectivity index (χ0v) is 14.2. The highest BCUT2D eigenvalue weighted by Gasteiger charge is 2.09. The molecule has 2 amide bonds. The maximum atomic E-state index is 12.0. The minimum absolute atomic E-state index is 0.342. The average Bonchev–Trinajstić information content (AvgIpc) is 2.53. The van der Waals surface area contributed by atoms with Gasteiger partial charge in [-0.25, -0.2) is 9.78 Å². The molecule has 2 N–H and O–H groups in total. The van der Waals surface area contributed by atoms with E-state index in [4.69, 9.17) is 0 Å². The fourth-order valence-electron chi connectivity index (χ4n) is 1.98. The van der Waals surface area contributed by atoms with Gasteiger partial charge < -0.3 is 15.5 Å². The van der Waals surface area contributed by atoms with Crippen LogP contribution in [0.15, 0.2) is 47.5 Å². The molecule has 0 aliphatic rings. The molecule has 23 heavy (non-hydrogen) atoms. The van der Waals surface area contributed by atoms with E-state index in [1.165, 1.54) is 0 Å². The van der Waals surface area contributed by atoms with E-state index < -0.39 is 10.8 Å². The smallest absolute Gasteiger partial charge is 0.319 e. The number of anilines is 2. The first-order chi connectivity index (χ1) is 11.0. The predicted octanol–water partition coefficient (Wildman–Crippen LogP) is 2.21. The van der Waals surface area contributed by atoms with Crippen LogP contribution in [0.2, 0.25) is 0 Å². The fourth-order valence-corrected chi connectivity index (χ4v) is 2.68. The lowest BCUT2D eigenvalue weighted by atomic mass is 10.2. The van der Waals surface area contributed by atoms with Gasteiger partial charge in [0.25, 0.3) is 0 Å². The van der Waals surface area contributed by atoms with Gasteiger partial charge in [-0.2, -0.15) is 0 Å². The molecule has 0 radical (unpaired) electrons. The minimum Gasteiger partial charge on any atom is -0.363 e. The molecule has 0 fully saturated rings. The number of para-hydroxylation sites is 1. The second-order valence-electron chi connectivity index (χ2n) is 5.17. The molecule has 6 nitrogen and oxygen atoms in total. The molecular weight excluding hydrogens is 312 g/mol. The lowest BCUT2D eigenvalue weighted by molar-refractivity contribution is 0.251. The maximum Gasteiger partial charge on any atom is 0.319 e. The van der Waals surface area contributed by atoms with Crippen LogP contribution in [0.1, 0.15) is 5.56 Å². The number of aromatic nitrogens is 1. The summed E-state index contributed by atoms with van der Waals surface area (Å²) in [5, 5.41) is 5.51. The van der Waals surface area contributed by atoms with E-state index in [-0.39, 0.29) is 6.03 Å². The zero-order chi connectivity index (χ0) is 16.8. The normalized spacial score (nSPS) is 11.6. The van der Waals surface area contributed by atoms with Crippen molar-refractivity contribution >= 4 is 28.3 Å². The Morgan fingerprint density at radius 3 is 2.70 bits per heavy atom. The van der Waals surface area contributed by atoms with Gasteiger partial charge in [-0.1, -0.05) is 12.1 Å². The van der Waals surface area contributed by atoms with E-state index in [1.54, 1.807) is 36.7 Å². The molecule has 0 saturated carbocycles. The van der Waals surface area contributed by atoms with Crippen LogP contribution in [-0.2, 0) is 17.3 Å². The summed E-state index contributed by atoms with van der Waals surface area (Å²) in [6.45, 7) is 0.382. The van der Waals surface area contributed by atoms with Crippen LogP contribution in [-0.4, -0.2) is 35.6 Å². The molecule has 1 atom stereocenters. The molecule has 2 rings (SSSR count). The molecule has 0 aliphatic carbocycles. The van der Waals surface area contributed by atoms with Crippen LogP contribution in [0.4, 0.5) is 16.3 Å². The molecule has 1 aromatic carbocycles. The fraction of sp³-hybridized carbons (Fsp3) is 0.250. The lowest BCUT2D eigenvalue weighted by Gasteiger charge is -2.13. The van der Waals surface area contributed by atoms with Gasteiger partial charge in [0.1, 0.15) is 5.82 Å². The van der Waals surface area contributed by atoms with Crippen molar-refractivity contribution in [3.8, 4) is 0 Å². The molecule has 1 aromatic heterocycles. The van der Waals surface area contributed by atoms with Gasteiger partial charge in [-0.05, 0) is 29.8 Å². The van der Waals surface area contributed by atoms with Crippen molar-refractivity contribution < 1.29 is 9.00 Å². The Morgan fingerprint density at radius 1 is 1.26 bits per heavy atom. The Labute approximate surface area is 138 Å². The van der Waals surface area contributed by atoms with Crippen molar-refractivity contribution in [1.29, 1.82) is 0 Å². The first-order valence-electron chi connectivity index (χ1n) is 7.07. The van der Waals surface area contributed by atoms with E-state index in [0.29, 0.717) is 17.1 Å². The first kappa shape index (κ1) is 17.0. The van der Waals surface area contributed by atoms with Crippen LogP contribution >= 0.6 is 0 Å². The Kier molecular flexibility index (Phi) is 5.70. The number of nitrogens with zero attached hydrogens (tertiary/aromatic N) is 2. The minimum atomic E-state index is -1.16. The summed E-state index contributed by atoms with van der Waals surface area (Å²) < 4.78 is 11.7. The Bertz CT molecular complexity index is 719. The molecule has 0 spiro atoms. The second-order valence-corrected chi connectivity index (χ2v) is 6.52. The topological polar surface area (TPSA) is 74.3 Å². The number of hydrogen-bond acceptors (Lipinski definition) is 4.